The minimum Gasteiger partial charge on any atom is -0.481 e. The van der Waals surface area contributed by atoms with Crippen LogP contribution in [0.15, 0.2) is 30.3 Å². The highest BCUT2D eigenvalue weighted by molar-refractivity contribution is 5.95. The lowest BCUT2D eigenvalue weighted by Gasteiger charge is -2.20. The highest BCUT2D eigenvalue weighted by atomic mass is 16.4. The molecule has 0 saturated carbocycles. The number of benzene rings is 1. The second kappa shape index (κ2) is 12.6. The maximum atomic E-state index is 12.2. The van der Waals surface area contributed by atoms with Gasteiger partial charge >= 0.3 is 17.9 Å². The minimum atomic E-state index is -1.83. The van der Waals surface area contributed by atoms with Crippen LogP contribution in [0.1, 0.15) is 18.4 Å². The number of carboxylic acid groups (broad SMARTS) is 3. The van der Waals surface area contributed by atoms with Gasteiger partial charge in [-0.1, -0.05) is 30.3 Å². The van der Waals surface area contributed by atoms with Gasteiger partial charge < -0.3 is 37.0 Å². The molecule has 0 saturated heterocycles. The quantitative estimate of drug-likeness (QED) is 0.169. The summed E-state index contributed by atoms with van der Waals surface area (Å²) in [6.07, 6.45) is -1.65. The Balaban J connectivity index is 2.65. The van der Waals surface area contributed by atoms with E-state index >= 15 is 0 Å². The van der Waals surface area contributed by atoms with Gasteiger partial charge in [0.25, 0.3) is 0 Å². The molecule has 0 fully saturated rings. The minimum absolute atomic E-state index is 0.207. The van der Waals surface area contributed by atoms with Gasteiger partial charge in [-0.05, 0) is 12.0 Å². The zero-order valence-electron chi connectivity index (χ0n) is 16.8. The Labute approximate surface area is 182 Å². The fourth-order valence-electron chi connectivity index (χ4n) is 2.54. The van der Waals surface area contributed by atoms with Crippen molar-refractivity contribution < 1.29 is 44.1 Å². The predicted octanol–water partition coefficient (Wildman–Crippen LogP) is -2.32. The van der Waals surface area contributed by atoms with Gasteiger partial charge in [0, 0.05) is 0 Å². The molecule has 0 aliphatic carbocycles. The first-order valence-corrected chi connectivity index (χ1v) is 9.33. The fraction of sp³-hybridized carbons (Fsp3) is 0.368. The summed E-state index contributed by atoms with van der Waals surface area (Å²) in [5.74, 6) is -7.44. The van der Waals surface area contributed by atoms with Gasteiger partial charge in [-0.2, -0.15) is 0 Å². The first-order chi connectivity index (χ1) is 15.0. The van der Waals surface area contributed by atoms with Gasteiger partial charge in [-0.25, -0.2) is 4.79 Å². The second-order valence-corrected chi connectivity index (χ2v) is 6.73. The van der Waals surface area contributed by atoms with E-state index < -0.39 is 73.1 Å². The number of nitrogens with one attached hydrogen (secondary N) is 3. The van der Waals surface area contributed by atoms with Crippen LogP contribution < -0.4 is 21.7 Å². The summed E-state index contributed by atoms with van der Waals surface area (Å²) < 4.78 is 0. The lowest BCUT2D eigenvalue weighted by molar-refractivity contribution is -0.148. The first-order valence-electron chi connectivity index (χ1n) is 9.33. The molecule has 32 heavy (non-hydrogen) atoms. The summed E-state index contributed by atoms with van der Waals surface area (Å²) >= 11 is 0. The van der Waals surface area contributed by atoms with Crippen LogP contribution in [0, 0.1) is 0 Å². The SMILES string of the molecule is NC(Cc1ccccc1)C(=O)NCC(=O)NC(CC(=O)O)C(=O)NC(CC(=O)O)C(=O)O. The Morgan fingerprint density at radius 3 is 1.91 bits per heavy atom. The average Bonchev–Trinajstić information content (AvgIpc) is 2.70. The smallest absolute Gasteiger partial charge is 0.326 e. The third-order valence-electron chi connectivity index (χ3n) is 4.08. The number of carbonyl (C=O) groups excluding carboxylic acids is 3. The summed E-state index contributed by atoms with van der Waals surface area (Å²) in [5, 5.41) is 32.8. The van der Waals surface area contributed by atoms with Crippen LogP contribution in [0.2, 0.25) is 0 Å². The molecule has 1 rings (SSSR count). The molecular weight excluding hydrogens is 428 g/mol. The van der Waals surface area contributed by atoms with Crippen molar-refractivity contribution in [1.82, 2.24) is 16.0 Å². The molecule has 8 N–H and O–H groups in total. The van der Waals surface area contributed by atoms with Crippen molar-refractivity contribution in [1.29, 1.82) is 0 Å². The molecule has 3 atom stereocenters. The van der Waals surface area contributed by atoms with Crippen LogP contribution in [0.5, 0.6) is 0 Å². The molecule has 0 aromatic heterocycles. The number of hydrogen-bond acceptors (Lipinski definition) is 7. The normalized spacial score (nSPS) is 13.2. The number of hydrogen-bond donors (Lipinski definition) is 7. The number of amides is 3. The van der Waals surface area contributed by atoms with Crippen molar-refractivity contribution in [2.24, 2.45) is 5.73 Å². The number of carboxylic acids is 3. The van der Waals surface area contributed by atoms with Crippen molar-refractivity contribution in [3.8, 4) is 0 Å². The summed E-state index contributed by atoms with van der Waals surface area (Å²) in [6.45, 7) is -0.623. The first kappa shape index (κ1) is 26.0. The summed E-state index contributed by atoms with van der Waals surface area (Å²) in [4.78, 5) is 69.1. The Bertz CT molecular complexity index is 860. The highest BCUT2D eigenvalue weighted by Gasteiger charge is 2.29. The number of carbonyl (C=O) groups is 6. The Morgan fingerprint density at radius 1 is 0.812 bits per heavy atom. The van der Waals surface area contributed by atoms with E-state index in [0.717, 1.165) is 5.56 Å². The Hall–Kier alpha value is -4.00. The van der Waals surface area contributed by atoms with E-state index in [2.05, 4.69) is 10.6 Å². The zero-order valence-corrected chi connectivity index (χ0v) is 16.8. The number of nitrogens with two attached hydrogens (primary N) is 1. The molecule has 0 heterocycles. The van der Waals surface area contributed by atoms with Crippen LogP contribution in [0.25, 0.3) is 0 Å². The summed E-state index contributed by atoms with van der Waals surface area (Å²) in [6, 6.07) is 4.38. The van der Waals surface area contributed by atoms with Gasteiger partial charge in [-0.15, -0.1) is 0 Å². The molecule has 0 aliphatic heterocycles. The lowest BCUT2D eigenvalue weighted by atomic mass is 10.1. The van der Waals surface area contributed by atoms with Crippen LogP contribution in [-0.4, -0.2) is 75.6 Å². The molecule has 13 nitrogen and oxygen atoms in total. The second-order valence-electron chi connectivity index (χ2n) is 6.73. The molecule has 1 aromatic carbocycles. The van der Waals surface area contributed by atoms with E-state index in [0.29, 0.717) is 0 Å². The molecule has 0 spiro atoms. The largest absolute Gasteiger partial charge is 0.481 e. The van der Waals surface area contributed by atoms with E-state index in [1.807, 2.05) is 5.32 Å². The molecular formula is C19H24N4O9. The molecule has 3 unspecified atom stereocenters. The standard InChI is InChI=1S/C19H24N4O9/c20-11(6-10-4-2-1-3-5-10)17(29)21-9-14(24)22-12(7-15(25)26)18(30)23-13(19(31)32)8-16(27)28/h1-5,11-13H,6-9,20H2,(H,21,29)(H,22,24)(H,23,30)(H,25,26)(H,27,28)(H,31,32). The maximum Gasteiger partial charge on any atom is 0.326 e. The van der Waals surface area contributed by atoms with E-state index in [1.54, 1.807) is 30.3 Å². The lowest BCUT2D eigenvalue weighted by Crippen LogP contribution is -2.54. The van der Waals surface area contributed by atoms with Crippen molar-refractivity contribution in [2.75, 3.05) is 6.54 Å². The van der Waals surface area contributed by atoms with Crippen molar-refractivity contribution >= 4 is 35.6 Å². The predicted molar refractivity (Wildman–Crippen MR) is 107 cm³/mol. The van der Waals surface area contributed by atoms with Crippen LogP contribution in [0.3, 0.4) is 0 Å². The molecule has 174 valence electrons. The van der Waals surface area contributed by atoms with Gasteiger partial charge in [0.1, 0.15) is 12.1 Å². The zero-order chi connectivity index (χ0) is 24.3. The van der Waals surface area contributed by atoms with Gasteiger partial charge in [0.05, 0.1) is 25.4 Å². The number of rotatable bonds is 13. The molecule has 13 heteroatoms. The van der Waals surface area contributed by atoms with Crippen molar-refractivity contribution in [3.05, 3.63) is 35.9 Å². The molecule has 0 radical (unpaired) electrons. The van der Waals surface area contributed by atoms with E-state index in [9.17, 15) is 28.8 Å². The van der Waals surface area contributed by atoms with Gasteiger partial charge in [0.15, 0.2) is 0 Å². The molecule has 0 aliphatic rings. The van der Waals surface area contributed by atoms with Crippen molar-refractivity contribution in [3.63, 3.8) is 0 Å². The van der Waals surface area contributed by atoms with Crippen LogP contribution in [0.4, 0.5) is 0 Å². The van der Waals surface area contributed by atoms with Crippen LogP contribution >= 0.6 is 0 Å². The van der Waals surface area contributed by atoms with Gasteiger partial charge in [0.2, 0.25) is 17.7 Å². The summed E-state index contributed by atoms with van der Waals surface area (Å²) in [5.41, 5.74) is 6.58. The Morgan fingerprint density at radius 2 is 1.38 bits per heavy atom. The number of aliphatic carboxylic acids is 3. The summed E-state index contributed by atoms with van der Waals surface area (Å²) in [7, 11) is 0. The Kier molecular flexibility index (Phi) is 10.3. The monoisotopic (exact) mass is 452 g/mol. The highest BCUT2D eigenvalue weighted by Crippen LogP contribution is 2.02. The third-order valence-corrected chi connectivity index (χ3v) is 4.08. The van der Waals surface area contributed by atoms with Gasteiger partial charge in [-0.3, -0.25) is 24.0 Å². The van der Waals surface area contributed by atoms with E-state index in [-0.39, 0.29) is 6.42 Å². The van der Waals surface area contributed by atoms with Crippen molar-refractivity contribution in [2.45, 2.75) is 37.4 Å². The molecule has 1 aromatic rings. The topological polar surface area (TPSA) is 225 Å². The molecule has 0 bridgehead atoms. The molecule has 3 amide bonds. The van der Waals surface area contributed by atoms with Crippen LogP contribution in [-0.2, 0) is 35.2 Å². The average molecular weight is 452 g/mol. The third kappa shape index (κ3) is 9.67. The fourth-order valence-corrected chi connectivity index (χ4v) is 2.54. The maximum absolute atomic E-state index is 12.2. The van der Waals surface area contributed by atoms with E-state index in [1.165, 1.54) is 0 Å². The van der Waals surface area contributed by atoms with E-state index in [4.69, 9.17) is 21.1 Å².